The van der Waals surface area contributed by atoms with Gasteiger partial charge in [0.25, 0.3) is 5.91 Å². The Morgan fingerprint density at radius 3 is 2.11 bits per heavy atom. The molecular formula is C42H75N19O10. The Morgan fingerprint density at radius 2 is 1.49 bits per heavy atom. The molecule has 1 unspecified atom stereocenters. The molecule has 29 nitrogen and oxygen atoms in total. The summed E-state index contributed by atoms with van der Waals surface area (Å²) in [4.78, 5) is 132. The number of imidazole rings is 1. The zero-order chi connectivity index (χ0) is 53.0. The van der Waals surface area contributed by atoms with Crippen LogP contribution in [0.25, 0.3) is 0 Å². The van der Waals surface area contributed by atoms with E-state index in [0.29, 0.717) is 37.9 Å². The normalized spacial score (nSPS) is 16.4. The lowest BCUT2D eigenvalue weighted by molar-refractivity contribution is -0.142. The lowest BCUT2D eigenvalue weighted by Gasteiger charge is -2.30. The number of carbonyl (C=O) groups is 9. The van der Waals surface area contributed by atoms with Crippen LogP contribution in [-0.4, -0.2) is 173 Å². The quantitative estimate of drug-likeness (QED) is 0.0135. The second-order valence-corrected chi connectivity index (χ2v) is 16.8. The summed E-state index contributed by atoms with van der Waals surface area (Å²) in [5.74, 6) is -7.35. The van der Waals surface area contributed by atoms with E-state index >= 15 is 0 Å². The second kappa shape index (κ2) is 32.2. The summed E-state index contributed by atoms with van der Waals surface area (Å²) in [5.41, 5.74) is 44.7. The van der Waals surface area contributed by atoms with Gasteiger partial charge >= 0.3 is 0 Å². The minimum atomic E-state index is -1.56. The van der Waals surface area contributed by atoms with Gasteiger partial charge in [0.1, 0.15) is 41.9 Å². The largest absolute Gasteiger partial charge is 0.389 e. The Balaban J connectivity index is 2.21. The SMILES string of the molecule is C[C@H](NC(=O)[C@@H](NC(=O)[C@@H](N)CCCN)C(O)CN)C(=O)NCC(=O)N[C@H](CCCN)C(=O)N1CCC[C@H]1C(=O)N[C@@H](Cc1cnc[nH]1)C(=O)N[C@@H](CCCCN)C(=O)N/C(=C\CCN=C(N)N)C(N)=O. The molecule has 2 heterocycles. The van der Waals surface area contributed by atoms with Gasteiger partial charge in [-0.3, -0.25) is 48.1 Å². The molecule has 398 valence electrons. The molecule has 0 spiro atoms. The van der Waals surface area contributed by atoms with Crippen LogP contribution >= 0.6 is 0 Å². The van der Waals surface area contributed by atoms with Gasteiger partial charge in [-0.15, -0.1) is 0 Å². The van der Waals surface area contributed by atoms with Gasteiger partial charge < -0.3 is 98.1 Å². The van der Waals surface area contributed by atoms with Crippen LogP contribution in [0.3, 0.4) is 0 Å². The predicted molar refractivity (Wildman–Crippen MR) is 259 cm³/mol. The summed E-state index contributed by atoms with van der Waals surface area (Å²) >= 11 is 0. The Morgan fingerprint density at radius 1 is 0.817 bits per heavy atom. The standard InChI is InChI=1S/C42H75N19O10/c1-23(55-40(70)33(31(62)19-46)60-36(66)25(47)8-4-14-44)35(65)53-21-32(63)56-28(10-5-15-45)41(71)61-17-7-12-30(61)39(69)59-29(18-24-20-51-22-54-24)38(68)58-27(9-2-3-13-43)37(67)57-26(34(48)64)11-6-16-52-42(49)50/h11,20,22-23,25,27-31,33,62H,2-10,12-19,21,43-47H2,1H3,(H2,48,64)(H,51,54)(H,53,65)(H,55,70)(H,56,63)(H,57,67)(H,58,68)(H,59,69)(H,60,66)(H4,49,50,52)/b26-11-/t23-,25-,27-,28+,29-,30-,31?,33-/m0/s1. The van der Waals surface area contributed by atoms with Crippen LogP contribution in [0.4, 0.5) is 0 Å². The number of aromatic nitrogens is 2. The first-order valence-electron chi connectivity index (χ1n) is 23.4. The van der Waals surface area contributed by atoms with Gasteiger partial charge in [-0.2, -0.15) is 0 Å². The number of H-pyrrole nitrogens is 1. The van der Waals surface area contributed by atoms with E-state index in [1.807, 2.05) is 0 Å². The van der Waals surface area contributed by atoms with E-state index in [2.05, 4.69) is 52.2 Å². The van der Waals surface area contributed by atoms with Gasteiger partial charge in [0, 0.05) is 37.9 Å². The van der Waals surface area contributed by atoms with Crippen molar-refractivity contribution < 1.29 is 48.3 Å². The minimum Gasteiger partial charge on any atom is -0.389 e. The lowest BCUT2D eigenvalue weighted by Crippen LogP contribution is -2.60. The van der Waals surface area contributed by atoms with Gasteiger partial charge in [0.15, 0.2) is 5.96 Å². The van der Waals surface area contributed by atoms with E-state index < -0.39 is 115 Å². The molecule has 1 saturated heterocycles. The third-order valence-corrected chi connectivity index (χ3v) is 11.1. The van der Waals surface area contributed by atoms with Crippen LogP contribution in [0.15, 0.2) is 29.3 Å². The van der Waals surface area contributed by atoms with Crippen molar-refractivity contribution in [2.24, 2.45) is 50.9 Å². The number of aliphatic hydroxyl groups is 1. The number of carbonyl (C=O) groups excluding carboxylic acids is 9. The van der Waals surface area contributed by atoms with E-state index in [4.69, 9.17) is 45.9 Å². The Kier molecular flexibility index (Phi) is 27.3. The maximum absolute atomic E-state index is 14.1. The number of hydrogen-bond donors (Lipinski definition) is 17. The molecule has 1 aliphatic heterocycles. The van der Waals surface area contributed by atoms with E-state index in [1.165, 1.54) is 30.4 Å². The smallest absolute Gasteiger partial charge is 0.264 e. The molecule has 1 fully saturated rings. The van der Waals surface area contributed by atoms with Crippen LogP contribution in [0, 0.1) is 0 Å². The zero-order valence-corrected chi connectivity index (χ0v) is 40.2. The Bertz CT molecular complexity index is 1980. The van der Waals surface area contributed by atoms with Crippen LogP contribution in [0.1, 0.15) is 76.8 Å². The summed E-state index contributed by atoms with van der Waals surface area (Å²) in [6.07, 6.45) is 5.18. The maximum atomic E-state index is 14.1. The zero-order valence-electron chi connectivity index (χ0n) is 40.2. The predicted octanol–water partition coefficient (Wildman–Crippen LogP) is -8.09. The number of guanidine groups is 1. The molecule has 0 radical (unpaired) electrons. The molecule has 71 heavy (non-hydrogen) atoms. The number of nitrogens with one attached hydrogen (secondary N) is 8. The summed E-state index contributed by atoms with van der Waals surface area (Å²) in [7, 11) is 0. The first-order valence-corrected chi connectivity index (χ1v) is 23.4. The number of aliphatic imine (C=N–C) groups is 1. The Hall–Kier alpha value is -6.79. The second-order valence-electron chi connectivity index (χ2n) is 16.8. The molecule has 2 rings (SSSR count). The fourth-order valence-corrected chi connectivity index (χ4v) is 7.18. The summed E-state index contributed by atoms with van der Waals surface area (Å²) in [5, 5.41) is 27.8. The third kappa shape index (κ3) is 21.4. The van der Waals surface area contributed by atoms with Gasteiger partial charge in [0.2, 0.25) is 47.3 Å². The maximum Gasteiger partial charge on any atom is 0.264 e. The number of unbranched alkanes of at least 4 members (excludes halogenated alkanes) is 1. The first-order chi connectivity index (χ1) is 33.8. The van der Waals surface area contributed by atoms with Gasteiger partial charge in [-0.05, 0) is 90.8 Å². The van der Waals surface area contributed by atoms with Crippen molar-refractivity contribution in [3.8, 4) is 0 Å². The van der Waals surface area contributed by atoms with Crippen molar-refractivity contribution in [1.29, 1.82) is 0 Å². The van der Waals surface area contributed by atoms with E-state index in [-0.39, 0.29) is 82.8 Å². The third-order valence-electron chi connectivity index (χ3n) is 11.1. The fraction of sp³-hybridized carbons (Fsp3) is 0.643. The highest BCUT2D eigenvalue weighted by Gasteiger charge is 2.39. The number of aromatic amines is 1. The van der Waals surface area contributed by atoms with E-state index in [1.54, 1.807) is 0 Å². The first kappa shape index (κ1) is 60.3. The molecule has 8 atom stereocenters. The molecule has 1 aromatic heterocycles. The summed E-state index contributed by atoms with van der Waals surface area (Å²) < 4.78 is 0. The molecule has 0 aromatic carbocycles. The van der Waals surface area contributed by atoms with Crippen molar-refractivity contribution in [1.82, 2.24) is 52.1 Å². The van der Waals surface area contributed by atoms with Crippen molar-refractivity contribution in [2.45, 2.75) is 126 Å². The highest BCUT2D eigenvalue weighted by molar-refractivity contribution is 6.00. The van der Waals surface area contributed by atoms with Crippen molar-refractivity contribution in [2.75, 3.05) is 45.8 Å². The van der Waals surface area contributed by atoms with E-state index in [9.17, 15) is 48.3 Å². The van der Waals surface area contributed by atoms with Gasteiger partial charge in [0.05, 0.1) is 25.0 Å². The van der Waals surface area contributed by atoms with Gasteiger partial charge in [-0.25, -0.2) is 4.98 Å². The number of aliphatic hydroxyl groups excluding tert-OH is 1. The number of amides is 9. The van der Waals surface area contributed by atoms with Crippen LogP contribution in [0.5, 0.6) is 0 Å². The fourth-order valence-electron chi connectivity index (χ4n) is 7.18. The van der Waals surface area contributed by atoms with Crippen molar-refractivity contribution in [3.63, 3.8) is 0 Å². The molecule has 1 aliphatic rings. The topological polar surface area (TPSA) is 511 Å². The van der Waals surface area contributed by atoms with Crippen LogP contribution in [-0.2, 0) is 49.6 Å². The van der Waals surface area contributed by atoms with Crippen molar-refractivity contribution in [3.05, 3.63) is 30.0 Å². The van der Waals surface area contributed by atoms with Crippen LogP contribution < -0.4 is 83.1 Å². The number of likely N-dealkylation sites (tertiary alicyclic amines) is 1. The lowest BCUT2D eigenvalue weighted by atomic mass is 10.1. The van der Waals surface area contributed by atoms with E-state index in [0.717, 1.165) is 0 Å². The molecule has 29 heteroatoms. The molecule has 0 saturated carbocycles. The molecular weight excluding hydrogens is 931 g/mol. The monoisotopic (exact) mass is 1010 g/mol. The average molecular weight is 1010 g/mol. The molecule has 0 bridgehead atoms. The molecule has 1 aromatic rings. The van der Waals surface area contributed by atoms with Crippen molar-refractivity contribution >= 4 is 59.1 Å². The average Bonchev–Trinajstić information content (AvgIpc) is 4.06. The highest BCUT2D eigenvalue weighted by Crippen LogP contribution is 2.20. The minimum absolute atomic E-state index is 0.0557. The highest BCUT2D eigenvalue weighted by atomic mass is 16.3. The Labute approximate surface area is 411 Å². The molecule has 0 aliphatic carbocycles. The molecule has 9 amide bonds. The number of nitrogens with zero attached hydrogens (tertiary/aromatic N) is 3. The van der Waals surface area contributed by atoms with Gasteiger partial charge in [-0.1, -0.05) is 6.08 Å². The number of nitrogens with two attached hydrogens (primary N) is 8. The summed E-state index contributed by atoms with van der Waals surface area (Å²) in [6.45, 7) is 1.16. The molecule has 25 N–H and O–H groups in total. The summed E-state index contributed by atoms with van der Waals surface area (Å²) in [6, 6.07) is -8.72. The number of rotatable bonds is 33. The number of primary amides is 1. The number of hydrogen-bond acceptors (Lipinski definition) is 17. The van der Waals surface area contributed by atoms with Crippen LogP contribution in [0.2, 0.25) is 0 Å².